The molecule has 0 fully saturated rings. The first-order chi connectivity index (χ1) is 26.6. The van der Waals surface area contributed by atoms with Gasteiger partial charge in [-0.25, -0.2) is 9.55 Å². The number of carbonyl (C=O) groups is 2. The second-order valence-corrected chi connectivity index (χ2v) is 14.8. The van der Waals surface area contributed by atoms with Crippen LogP contribution in [0.4, 0.5) is 0 Å². The number of carbonyl (C=O) groups excluding carboxylic acids is 1. The number of nitrogens with zero attached hydrogens (tertiary/aromatic N) is 3. The second-order valence-electron chi connectivity index (χ2n) is 14.8. The Labute approximate surface area is 321 Å². The Morgan fingerprint density at radius 3 is 2.25 bits per heavy atom. The highest BCUT2D eigenvalue weighted by Crippen LogP contribution is 2.47. The van der Waals surface area contributed by atoms with Gasteiger partial charge in [-0.3, -0.25) is 14.6 Å². The van der Waals surface area contributed by atoms with Gasteiger partial charge < -0.3 is 29.3 Å². The standard InChI is InChI=1S/C44H51N5O6/c1-8-29-24(3)33-22-36-30(9-2)25(4)41(47-36)40(28-10-12-49(13-11-28)14-15-54-18-19-55-17-16-53-7)42-26(5)31(21-38(51)52)43(48-42)32-20-37(50)39-27(6)34(46-44(32)39)23-35(29)45-33/h10-13,22-23,26,31H,8-9,14-21H2,1-7H3,(H2,45,46,47,50,51,52)/p+1/t26-,31?/m0/s1. The number of hydrogen-bond donors (Lipinski definition) is 3. The van der Waals surface area contributed by atoms with E-state index in [4.69, 9.17) is 24.2 Å². The maximum absolute atomic E-state index is 13.8. The number of aromatic nitrogens is 5. The number of carboxylic acids is 1. The number of hydrogen-bond acceptors (Lipinski definition) is 7. The van der Waals surface area contributed by atoms with Crippen molar-refractivity contribution in [1.82, 2.24) is 19.9 Å². The van der Waals surface area contributed by atoms with Crippen LogP contribution >= 0.6 is 0 Å². The van der Waals surface area contributed by atoms with Crippen LogP contribution in [0.2, 0.25) is 0 Å². The third-order valence-corrected chi connectivity index (χ3v) is 11.6. The number of aryl methyl sites for hydroxylation is 3. The number of H-pyrrole nitrogens is 2. The number of Topliss-reactive ketones (excluding diaryl/α,β-unsaturated/α-hetero) is 1. The molecule has 11 nitrogen and oxygen atoms in total. The Morgan fingerprint density at radius 1 is 0.873 bits per heavy atom. The van der Waals surface area contributed by atoms with Gasteiger partial charge in [0, 0.05) is 65.2 Å². The highest BCUT2D eigenvalue weighted by atomic mass is 16.5. The number of ketones is 1. The molecule has 2 aliphatic heterocycles. The van der Waals surface area contributed by atoms with Crippen LogP contribution in [0.1, 0.15) is 108 Å². The molecule has 1 aliphatic carbocycles. The monoisotopic (exact) mass is 746 g/mol. The van der Waals surface area contributed by atoms with E-state index in [9.17, 15) is 14.7 Å². The number of rotatable bonds is 14. The minimum Gasteiger partial charge on any atom is -0.481 e. The molecule has 0 saturated heterocycles. The van der Waals surface area contributed by atoms with Gasteiger partial charge in [0.25, 0.3) is 0 Å². The summed E-state index contributed by atoms with van der Waals surface area (Å²) in [7, 11) is 1.65. The molecule has 1 unspecified atom stereocenters. The summed E-state index contributed by atoms with van der Waals surface area (Å²) in [5.74, 6) is -1.55. The quantitative estimate of drug-likeness (QED) is 0.0886. The van der Waals surface area contributed by atoms with Crippen LogP contribution in [0.5, 0.6) is 0 Å². The average molecular weight is 747 g/mol. The van der Waals surface area contributed by atoms with Gasteiger partial charge in [0.05, 0.1) is 66.7 Å². The summed E-state index contributed by atoms with van der Waals surface area (Å²) < 4.78 is 18.4. The van der Waals surface area contributed by atoms with Crippen molar-refractivity contribution in [3.8, 4) is 11.1 Å². The SMILES string of the molecule is CCC1=C(C)c2cc3[nH]c(c(C)c3CC)c(-c3cc[n+](CCOCCOCCOC)cc3)c3nc(c4c5[nH]c(cc1n2)c(C)c5C(=O)C4)C(CC(=O)O)[C@@H]3C. The van der Waals surface area contributed by atoms with Crippen LogP contribution in [-0.4, -0.2) is 76.9 Å². The normalized spacial score (nSPS) is 16.5. The lowest BCUT2D eigenvalue weighted by Gasteiger charge is -2.16. The highest BCUT2D eigenvalue weighted by Gasteiger charge is 2.38. The van der Waals surface area contributed by atoms with Gasteiger partial charge in [-0.15, -0.1) is 0 Å². The van der Waals surface area contributed by atoms with Gasteiger partial charge >= 0.3 is 5.97 Å². The molecule has 0 spiro atoms. The summed E-state index contributed by atoms with van der Waals surface area (Å²) in [4.78, 5) is 44.2. The molecule has 4 aromatic rings. The molecule has 2 atom stereocenters. The predicted octanol–water partition coefficient (Wildman–Crippen LogP) is 7.57. The van der Waals surface area contributed by atoms with E-state index >= 15 is 0 Å². The van der Waals surface area contributed by atoms with Crippen LogP contribution in [0.25, 0.3) is 44.3 Å². The molecule has 7 rings (SSSR count). The van der Waals surface area contributed by atoms with Gasteiger partial charge in [-0.2, -0.15) is 0 Å². The summed E-state index contributed by atoms with van der Waals surface area (Å²) in [5.41, 5.74) is 15.6. The average Bonchev–Trinajstić information content (AvgIpc) is 3.92. The van der Waals surface area contributed by atoms with E-state index in [1.54, 1.807) is 7.11 Å². The fourth-order valence-corrected chi connectivity index (χ4v) is 8.59. The lowest BCUT2D eigenvalue weighted by atomic mass is 9.84. The fraction of sp³-hybridized carbons (Fsp3) is 0.432. The number of ether oxygens (including phenoxy) is 3. The summed E-state index contributed by atoms with van der Waals surface area (Å²) in [6.07, 6.45) is 5.80. The number of methoxy groups -OCH3 is 1. The number of aromatic amines is 2. The van der Waals surface area contributed by atoms with Crippen LogP contribution in [0.15, 0.2) is 36.7 Å². The lowest BCUT2D eigenvalue weighted by molar-refractivity contribution is -0.698. The van der Waals surface area contributed by atoms with Gasteiger partial charge in [0.2, 0.25) is 0 Å². The van der Waals surface area contributed by atoms with Crippen LogP contribution in [0.3, 0.4) is 0 Å². The lowest BCUT2D eigenvalue weighted by Crippen LogP contribution is -2.35. The van der Waals surface area contributed by atoms with E-state index in [-0.39, 0.29) is 24.5 Å². The van der Waals surface area contributed by atoms with Crippen LogP contribution < -0.4 is 4.57 Å². The maximum atomic E-state index is 13.8. The van der Waals surface area contributed by atoms with Crippen molar-refractivity contribution in [3.05, 3.63) is 87.3 Å². The van der Waals surface area contributed by atoms with E-state index < -0.39 is 11.9 Å². The molecule has 0 amide bonds. The van der Waals surface area contributed by atoms with Crippen molar-refractivity contribution in [2.45, 2.75) is 85.6 Å². The first kappa shape index (κ1) is 38.3. The van der Waals surface area contributed by atoms with Crippen LogP contribution in [-0.2, 0) is 38.4 Å². The van der Waals surface area contributed by atoms with E-state index in [0.29, 0.717) is 50.8 Å². The van der Waals surface area contributed by atoms with Crippen molar-refractivity contribution >= 4 is 45.0 Å². The zero-order chi connectivity index (χ0) is 39.0. The molecule has 0 aromatic carbocycles. The smallest absolute Gasteiger partial charge is 0.304 e. The molecule has 288 valence electrons. The van der Waals surface area contributed by atoms with E-state index in [0.717, 1.165) is 85.4 Å². The van der Waals surface area contributed by atoms with Gasteiger partial charge in [0.15, 0.2) is 24.7 Å². The topological polar surface area (TPSA) is 143 Å². The third-order valence-electron chi connectivity index (χ3n) is 11.6. The fourth-order valence-electron chi connectivity index (χ4n) is 8.59. The minimum atomic E-state index is -0.897. The molecule has 4 aromatic heterocycles. The van der Waals surface area contributed by atoms with Crippen molar-refractivity contribution in [2.24, 2.45) is 0 Å². The molecular weight excluding hydrogens is 695 g/mol. The zero-order valence-electron chi connectivity index (χ0n) is 33.0. The summed E-state index contributed by atoms with van der Waals surface area (Å²) in [5, 5.41) is 10.2. The van der Waals surface area contributed by atoms with Crippen molar-refractivity contribution in [2.75, 3.05) is 40.1 Å². The van der Waals surface area contributed by atoms with E-state index in [2.05, 4.69) is 73.4 Å². The summed E-state index contributed by atoms with van der Waals surface area (Å²) in [6, 6.07) is 8.41. The Kier molecular flexibility index (Phi) is 11.2. The first-order valence-electron chi connectivity index (χ1n) is 19.4. The Morgan fingerprint density at radius 2 is 1.56 bits per heavy atom. The van der Waals surface area contributed by atoms with Crippen molar-refractivity contribution < 1.29 is 33.5 Å². The largest absolute Gasteiger partial charge is 0.481 e. The predicted molar refractivity (Wildman–Crippen MR) is 213 cm³/mol. The number of aliphatic carboxylic acids is 1. The zero-order valence-corrected chi connectivity index (χ0v) is 33.0. The van der Waals surface area contributed by atoms with E-state index in [1.165, 1.54) is 11.1 Å². The van der Waals surface area contributed by atoms with Gasteiger partial charge in [-0.05, 0) is 79.1 Å². The highest BCUT2D eigenvalue weighted by molar-refractivity contribution is 6.13. The number of pyridine rings is 1. The minimum absolute atomic E-state index is 0.0191. The third kappa shape index (κ3) is 7.16. The summed E-state index contributed by atoms with van der Waals surface area (Å²) in [6.45, 7) is 16.0. The number of allylic oxidation sites excluding steroid dienone is 2. The molecule has 3 N–H and O–H groups in total. The molecule has 55 heavy (non-hydrogen) atoms. The molecule has 6 heterocycles. The number of carboxylic acid groups (broad SMARTS) is 1. The molecule has 3 aliphatic rings. The maximum Gasteiger partial charge on any atom is 0.304 e. The summed E-state index contributed by atoms with van der Waals surface area (Å²) >= 11 is 0. The van der Waals surface area contributed by atoms with E-state index in [1.807, 2.05) is 19.3 Å². The van der Waals surface area contributed by atoms with Gasteiger partial charge in [-0.1, -0.05) is 20.8 Å². The number of fused-ring (bicyclic) bond motifs is 8. The van der Waals surface area contributed by atoms with Crippen LogP contribution in [0, 0.1) is 13.8 Å². The molecule has 0 saturated carbocycles. The molecule has 0 radical (unpaired) electrons. The molecule has 8 bridgehead atoms. The second kappa shape index (κ2) is 16.0. The molecular formula is C44H52N5O6+. The Hall–Kier alpha value is -4.97. The van der Waals surface area contributed by atoms with Crippen molar-refractivity contribution in [1.29, 1.82) is 0 Å². The first-order valence-corrected chi connectivity index (χ1v) is 19.4. The van der Waals surface area contributed by atoms with Gasteiger partial charge in [0.1, 0.15) is 6.61 Å². The van der Waals surface area contributed by atoms with Crippen molar-refractivity contribution in [3.63, 3.8) is 0 Å². The number of nitrogens with one attached hydrogen (secondary N) is 2. The Bertz CT molecular complexity index is 2350. The Balaban J connectivity index is 1.46. The molecule has 11 heteroatoms.